The SMILES string of the molecule is Cc1ccc(C(=O)NCC2CC(c3ccccc3)NN2)cc1N1CCNC1=O. The Hall–Kier alpha value is -2.90. The Morgan fingerprint density at radius 3 is 2.75 bits per heavy atom. The first-order chi connectivity index (χ1) is 13.6. The third kappa shape index (κ3) is 3.85. The van der Waals surface area contributed by atoms with Crippen molar-refractivity contribution in [1.29, 1.82) is 0 Å². The van der Waals surface area contributed by atoms with Crippen molar-refractivity contribution >= 4 is 17.6 Å². The van der Waals surface area contributed by atoms with Gasteiger partial charge in [0, 0.05) is 43.0 Å². The molecule has 2 aliphatic rings. The molecule has 2 atom stereocenters. The minimum Gasteiger partial charge on any atom is -0.350 e. The predicted molar refractivity (Wildman–Crippen MR) is 108 cm³/mol. The molecule has 0 aromatic heterocycles. The summed E-state index contributed by atoms with van der Waals surface area (Å²) < 4.78 is 0. The second-order valence-electron chi connectivity index (χ2n) is 7.28. The maximum Gasteiger partial charge on any atom is 0.322 e. The van der Waals surface area contributed by atoms with Crippen LogP contribution in [0.3, 0.4) is 0 Å². The van der Waals surface area contributed by atoms with Crippen molar-refractivity contribution in [3.05, 3.63) is 65.2 Å². The van der Waals surface area contributed by atoms with E-state index in [9.17, 15) is 9.59 Å². The highest BCUT2D eigenvalue weighted by Crippen LogP contribution is 2.24. The molecule has 28 heavy (non-hydrogen) atoms. The fraction of sp³-hybridized carbons (Fsp3) is 0.333. The highest BCUT2D eigenvalue weighted by atomic mass is 16.2. The van der Waals surface area contributed by atoms with Gasteiger partial charge in [-0.3, -0.25) is 15.1 Å². The molecule has 0 aliphatic carbocycles. The van der Waals surface area contributed by atoms with Gasteiger partial charge in [-0.1, -0.05) is 36.4 Å². The molecule has 2 aromatic rings. The van der Waals surface area contributed by atoms with Crippen LogP contribution in [-0.4, -0.2) is 37.6 Å². The largest absolute Gasteiger partial charge is 0.350 e. The number of nitrogens with one attached hydrogen (secondary N) is 4. The minimum absolute atomic E-state index is 0.117. The van der Waals surface area contributed by atoms with E-state index in [4.69, 9.17) is 0 Å². The first-order valence-corrected chi connectivity index (χ1v) is 9.62. The molecule has 4 rings (SSSR count). The summed E-state index contributed by atoms with van der Waals surface area (Å²) in [5, 5.41) is 5.80. The molecule has 0 bridgehead atoms. The van der Waals surface area contributed by atoms with Crippen molar-refractivity contribution in [3.8, 4) is 0 Å². The second kappa shape index (κ2) is 8.00. The number of anilines is 1. The van der Waals surface area contributed by atoms with Gasteiger partial charge in [0.2, 0.25) is 0 Å². The zero-order valence-corrected chi connectivity index (χ0v) is 15.9. The number of hydrazine groups is 1. The van der Waals surface area contributed by atoms with Crippen LogP contribution < -0.4 is 26.4 Å². The first-order valence-electron chi connectivity index (χ1n) is 9.62. The number of benzene rings is 2. The fourth-order valence-corrected chi connectivity index (χ4v) is 3.72. The lowest BCUT2D eigenvalue weighted by molar-refractivity contribution is 0.0950. The Bertz CT molecular complexity index is 870. The van der Waals surface area contributed by atoms with Gasteiger partial charge in [0.25, 0.3) is 5.91 Å². The Kier molecular flexibility index (Phi) is 5.27. The zero-order chi connectivity index (χ0) is 19.5. The Labute approximate surface area is 164 Å². The highest BCUT2D eigenvalue weighted by molar-refractivity contribution is 5.99. The van der Waals surface area contributed by atoms with Gasteiger partial charge in [-0.2, -0.15) is 0 Å². The molecule has 0 saturated carbocycles. The van der Waals surface area contributed by atoms with Crippen LogP contribution in [0.4, 0.5) is 10.5 Å². The number of carbonyl (C=O) groups is 2. The molecule has 2 saturated heterocycles. The number of carbonyl (C=O) groups excluding carboxylic acids is 2. The van der Waals surface area contributed by atoms with E-state index < -0.39 is 0 Å². The lowest BCUT2D eigenvalue weighted by Gasteiger charge is -2.18. The number of aryl methyl sites for hydroxylation is 1. The Balaban J connectivity index is 1.36. The van der Waals surface area contributed by atoms with Gasteiger partial charge in [0.05, 0.1) is 0 Å². The van der Waals surface area contributed by atoms with E-state index in [0.29, 0.717) is 25.2 Å². The molecule has 7 heteroatoms. The van der Waals surface area contributed by atoms with Crippen molar-refractivity contribution in [2.75, 3.05) is 24.5 Å². The van der Waals surface area contributed by atoms with Gasteiger partial charge in [0.15, 0.2) is 0 Å². The van der Waals surface area contributed by atoms with Gasteiger partial charge in [-0.25, -0.2) is 10.2 Å². The number of urea groups is 1. The van der Waals surface area contributed by atoms with E-state index in [1.165, 1.54) is 5.56 Å². The molecule has 2 aliphatic heterocycles. The average molecular weight is 379 g/mol. The van der Waals surface area contributed by atoms with Crippen LogP contribution in [0.1, 0.15) is 33.9 Å². The normalized spacial score (nSPS) is 21.6. The third-order valence-electron chi connectivity index (χ3n) is 5.31. The molecule has 2 heterocycles. The van der Waals surface area contributed by atoms with E-state index >= 15 is 0 Å². The molecule has 146 valence electrons. The van der Waals surface area contributed by atoms with Crippen molar-refractivity contribution in [3.63, 3.8) is 0 Å². The number of amides is 3. The van der Waals surface area contributed by atoms with Crippen LogP contribution in [0.25, 0.3) is 0 Å². The molecule has 2 aromatic carbocycles. The topological polar surface area (TPSA) is 85.5 Å². The standard InChI is InChI=1S/C21H25N5O2/c1-14-7-8-16(11-19(14)26-10-9-22-21(26)28)20(27)23-13-17-12-18(25-24-17)15-5-3-2-4-6-15/h2-8,11,17-18,24-25H,9-10,12-13H2,1H3,(H,22,28)(H,23,27). The molecule has 0 radical (unpaired) electrons. The van der Waals surface area contributed by atoms with Crippen LogP contribution in [0, 0.1) is 6.92 Å². The van der Waals surface area contributed by atoms with Crippen LogP contribution in [0.2, 0.25) is 0 Å². The summed E-state index contributed by atoms with van der Waals surface area (Å²) in [7, 11) is 0. The molecule has 0 spiro atoms. The van der Waals surface area contributed by atoms with Crippen molar-refractivity contribution in [2.45, 2.75) is 25.4 Å². The second-order valence-corrected chi connectivity index (χ2v) is 7.28. The lowest BCUT2D eigenvalue weighted by Crippen LogP contribution is -2.40. The van der Waals surface area contributed by atoms with E-state index in [1.54, 1.807) is 17.0 Å². The van der Waals surface area contributed by atoms with E-state index in [1.807, 2.05) is 31.2 Å². The number of hydrogen-bond acceptors (Lipinski definition) is 4. The maximum absolute atomic E-state index is 12.6. The monoisotopic (exact) mass is 379 g/mol. The highest BCUT2D eigenvalue weighted by Gasteiger charge is 2.26. The molecule has 4 N–H and O–H groups in total. The maximum atomic E-state index is 12.6. The van der Waals surface area contributed by atoms with Gasteiger partial charge >= 0.3 is 6.03 Å². The van der Waals surface area contributed by atoms with Gasteiger partial charge in [-0.05, 0) is 36.6 Å². The lowest BCUT2D eigenvalue weighted by atomic mass is 10.0. The van der Waals surface area contributed by atoms with Crippen molar-refractivity contribution in [1.82, 2.24) is 21.5 Å². The molecular weight excluding hydrogens is 354 g/mol. The minimum atomic E-state index is -0.134. The average Bonchev–Trinajstić information content (AvgIpc) is 3.36. The third-order valence-corrected chi connectivity index (χ3v) is 5.31. The van der Waals surface area contributed by atoms with Gasteiger partial charge in [-0.15, -0.1) is 0 Å². The fourth-order valence-electron chi connectivity index (χ4n) is 3.72. The summed E-state index contributed by atoms with van der Waals surface area (Å²) >= 11 is 0. The van der Waals surface area contributed by atoms with Crippen LogP contribution in [0.15, 0.2) is 48.5 Å². The van der Waals surface area contributed by atoms with E-state index in [-0.39, 0.29) is 24.0 Å². The summed E-state index contributed by atoms with van der Waals surface area (Å²) in [4.78, 5) is 26.3. The van der Waals surface area contributed by atoms with E-state index in [2.05, 4.69) is 33.6 Å². The summed E-state index contributed by atoms with van der Waals surface area (Å²) in [5.74, 6) is -0.134. The van der Waals surface area contributed by atoms with E-state index in [0.717, 1.165) is 17.7 Å². The summed E-state index contributed by atoms with van der Waals surface area (Å²) in [6.45, 7) is 3.71. The smallest absolute Gasteiger partial charge is 0.322 e. The molecule has 2 unspecified atom stereocenters. The summed E-state index contributed by atoms with van der Waals surface area (Å²) in [6, 6.07) is 16.0. The Morgan fingerprint density at radius 2 is 2.00 bits per heavy atom. The van der Waals surface area contributed by atoms with Crippen molar-refractivity contribution in [2.24, 2.45) is 0 Å². The van der Waals surface area contributed by atoms with Crippen LogP contribution in [0.5, 0.6) is 0 Å². The van der Waals surface area contributed by atoms with Gasteiger partial charge in [0.1, 0.15) is 0 Å². The number of hydrogen-bond donors (Lipinski definition) is 4. The van der Waals surface area contributed by atoms with Gasteiger partial charge < -0.3 is 10.6 Å². The quantitative estimate of drug-likeness (QED) is 0.639. The summed E-state index contributed by atoms with van der Waals surface area (Å²) in [6.07, 6.45) is 0.900. The summed E-state index contributed by atoms with van der Waals surface area (Å²) in [5.41, 5.74) is 10.1. The molecule has 2 fully saturated rings. The van der Waals surface area contributed by atoms with Crippen LogP contribution in [-0.2, 0) is 0 Å². The molecule has 7 nitrogen and oxygen atoms in total. The van der Waals surface area contributed by atoms with Crippen molar-refractivity contribution < 1.29 is 9.59 Å². The zero-order valence-electron chi connectivity index (χ0n) is 15.9. The Morgan fingerprint density at radius 1 is 1.18 bits per heavy atom. The molecular formula is C21H25N5O2. The first kappa shape index (κ1) is 18.5. The predicted octanol–water partition coefficient (Wildman–Crippen LogP) is 1.86. The van der Waals surface area contributed by atoms with Crippen LogP contribution >= 0.6 is 0 Å². The number of rotatable bonds is 5. The molecule has 3 amide bonds. The number of nitrogens with zero attached hydrogens (tertiary/aromatic N) is 1.